The van der Waals surface area contributed by atoms with E-state index in [0.29, 0.717) is 31.3 Å². The summed E-state index contributed by atoms with van der Waals surface area (Å²) in [6.07, 6.45) is 12.3. The number of hydrogen-bond donors (Lipinski definition) is 1. The largest absolute Gasteiger partial charge is 0.467 e. The average molecular weight is 582 g/mol. The van der Waals surface area contributed by atoms with Crippen LogP contribution in [0.2, 0.25) is 0 Å². The molecule has 2 saturated carbocycles. The molecule has 4 rings (SSSR count). The number of nitrogens with one attached hydrogen (secondary N) is 1. The number of aryl methyl sites for hydroxylation is 1. The molecule has 2 atom stereocenters. The molecule has 0 heterocycles. The minimum absolute atomic E-state index is 0.0223. The Labute approximate surface area is 250 Å². The van der Waals surface area contributed by atoms with E-state index in [9.17, 15) is 9.59 Å². The molecule has 0 aromatic heterocycles. The Hall–Kier alpha value is -2.35. The van der Waals surface area contributed by atoms with Crippen molar-refractivity contribution in [2.24, 2.45) is 11.8 Å². The minimum Gasteiger partial charge on any atom is -0.467 e. The van der Waals surface area contributed by atoms with Crippen molar-refractivity contribution in [3.63, 3.8) is 0 Å². The van der Waals surface area contributed by atoms with Crippen LogP contribution in [0.25, 0.3) is 11.1 Å². The van der Waals surface area contributed by atoms with Crippen LogP contribution in [-0.4, -0.2) is 55.9 Å². The number of rotatable bonds is 14. The number of thioether (sulfide) groups is 1. The molecule has 2 aliphatic rings. The third kappa shape index (κ3) is 8.82. The molecule has 0 bridgehead atoms. The lowest BCUT2D eigenvalue weighted by Crippen LogP contribution is -2.42. The van der Waals surface area contributed by atoms with Gasteiger partial charge in [-0.15, -0.1) is 0 Å². The molecule has 2 fully saturated rings. The lowest BCUT2D eigenvalue weighted by Gasteiger charge is -2.42. The average Bonchev–Trinajstić information content (AvgIpc) is 2.97. The first-order valence-corrected chi connectivity index (χ1v) is 16.6. The van der Waals surface area contributed by atoms with E-state index in [1.165, 1.54) is 52.1 Å². The van der Waals surface area contributed by atoms with Crippen LogP contribution in [0.5, 0.6) is 0 Å². The topological polar surface area (TPSA) is 73.9 Å². The van der Waals surface area contributed by atoms with Gasteiger partial charge in [0.15, 0.2) is 0 Å². The number of amides is 1. The van der Waals surface area contributed by atoms with Gasteiger partial charge >= 0.3 is 5.97 Å². The quantitative estimate of drug-likeness (QED) is 0.243. The zero-order chi connectivity index (χ0) is 29.2. The number of hydrogen-bond acceptors (Lipinski definition) is 6. The van der Waals surface area contributed by atoms with E-state index in [-0.39, 0.29) is 12.0 Å². The van der Waals surface area contributed by atoms with Crippen LogP contribution in [0.15, 0.2) is 42.5 Å². The Morgan fingerprint density at radius 2 is 1.78 bits per heavy atom. The zero-order valence-electron chi connectivity index (χ0n) is 25.2. The Kier molecular flexibility index (Phi) is 12.1. The van der Waals surface area contributed by atoms with Gasteiger partial charge < -0.3 is 19.5 Å². The summed E-state index contributed by atoms with van der Waals surface area (Å²) >= 11 is 1.63. The number of ether oxygens (including phenoxy) is 3. The molecule has 2 aromatic rings. The second kappa shape index (κ2) is 15.8. The summed E-state index contributed by atoms with van der Waals surface area (Å²) in [6.45, 7) is 5.12. The first-order valence-electron chi connectivity index (χ1n) is 15.2. The lowest BCUT2D eigenvalue weighted by molar-refractivity contribution is -0.142. The molecule has 0 saturated heterocycles. The summed E-state index contributed by atoms with van der Waals surface area (Å²) in [7, 11) is 1.35. The number of carbonyl (C=O) groups excluding carboxylic acids is 2. The number of carbonyl (C=O) groups is 2. The van der Waals surface area contributed by atoms with Crippen molar-refractivity contribution >= 4 is 23.6 Å². The molecule has 0 spiro atoms. The molecule has 224 valence electrons. The van der Waals surface area contributed by atoms with Gasteiger partial charge in [-0.2, -0.15) is 11.8 Å². The molecule has 41 heavy (non-hydrogen) atoms. The van der Waals surface area contributed by atoms with Gasteiger partial charge in [0.2, 0.25) is 0 Å². The van der Waals surface area contributed by atoms with Crippen molar-refractivity contribution in [2.75, 3.05) is 25.7 Å². The van der Waals surface area contributed by atoms with Crippen LogP contribution >= 0.6 is 11.8 Å². The summed E-state index contributed by atoms with van der Waals surface area (Å²) in [5.74, 6) is 1.80. The summed E-state index contributed by atoms with van der Waals surface area (Å²) in [6, 6.07) is 13.1. The van der Waals surface area contributed by atoms with Crippen LogP contribution in [-0.2, 0) is 25.6 Å². The van der Waals surface area contributed by atoms with E-state index in [4.69, 9.17) is 14.2 Å². The fraction of sp³-hybridized carbons (Fsp3) is 0.588. The summed E-state index contributed by atoms with van der Waals surface area (Å²) in [5.41, 5.74) is 4.38. The fourth-order valence-electron chi connectivity index (χ4n) is 6.13. The van der Waals surface area contributed by atoms with Crippen LogP contribution in [0.1, 0.15) is 79.8 Å². The van der Waals surface area contributed by atoms with E-state index in [1.54, 1.807) is 11.8 Å². The van der Waals surface area contributed by atoms with Crippen molar-refractivity contribution in [1.29, 1.82) is 0 Å². The summed E-state index contributed by atoms with van der Waals surface area (Å²) in [4.78, 5) is 25.8. The monoisotopic (exact) mass is 581 g/mol. The highest BCUT2D eigenvalue weighted by atomic mass is 32.2. The molecule has 2 aliphatic carbocycles. The number of methoxy groups -OCH3 is 1. The van der Waals surface area contributed by atoms with Crippen molar-refractivity contribution in [3.05, 3.63) is 59.2 Å². The van der Waals surface area contributed by atoms with Crippen molar-refractivity contribution in [3.8, 4) is 11.1 Å². The molecular formula is C34H47NO5S. The van der Waals surface area contributed by atoms with Gasteiger partial charge in [0.05, 0.1) is 32.5 Å². The van der Waals surface area contributed by atoms with E-state index in [1.807, 2.05) is 55.6 Å². The Morgan fingerprint density at radius 3 is 2.49 bits per heavy atom. The van der Waals surface area contributed by atoms with Crippen LogP contribution in [0, 0.1) is 18.8 Å². The zero-order valence-corrected chi connectivity index (χ0v) is 26.0. The smallest absolute Gasteiger partial charge is 0.328 e. The van der Waals surface area contributed by atoms with Gasteiger partial charge in [-0.3, -0.25) is 4.79 Å². The second-order valence-electron chi connectivity index (χ2n) is 11.7. The third-order valence-corrected chi connectivity index (χ3v) is 9.36. The summed E-state index contributed by atoms with van der Waals surface area (Å²) in [5, 5.41) is 2.91. The second-order valence-corrected chi connectivity index (χ2v) is 12.7. The fourth-order valence-corrected chi connectivity index (χ4v) is 6.60. The van der Waals surface area contributed by atoms with Gasteiger partial charge in [-0.1, -0.05) is 62.4 Å². The number of benzene rings is 2. The highest BCUT2D eigenvalue weighted by Gasteiger charge is 2.36. The first kappa shape index (κ1) is 31.6. The lowest BCUT2D eigenvalue weighted by atomic mass is 9.68. The molecule has 1 amide bonds. The third-order valence-electron chi connectivity index (χ3n) is 8.71. The molecule has 0 radical (unpaired) electrons. The van der Waals surface area contributed by atoms with E-state index < -0.39 is 12.0 Å². The molecule has 6 nitrogen and oxygen atoms in total. The van der Waals surface area contributed by atoms with Crippen molar-refractivity contribution < 1.29 is 23.8 Å². The van der Waals surface area contributed by atoms with Gasteiger partial charge in [0.1, 0.15) is 6.04 Å². The normalized spacial score (nSPS) is 20.6. The minimum atomic E-state index is -0.692. The maximum Gasteiger partial charge on any atom is 0.328 e. The number of esters is 1. The van der Waals surface area contributed by atoms with E-state index in [0.717, 1.165) is 39.8 Å². The van der Waals surface area contributed by atoms with Crippen LogP contribution in [0.3, 0.4) is 0 Å². The highest BCUT2D eigenvalue weighted by Crippen LogP contribution is 2.42. The van der Waals surface area contributed by atoms with Gasteiger partial charge in [-0.25, -0.2) is 4.79 Å². The highest BCUT2D eigenvalue weighted by molar-refractivity contribution is 7.98. The van der Waals surface area contributed by atoms with Gasteiger partial charge in [0, 0.05) is 5.56 Å². The molecule has 1 unspecified atom stereocenters. The maximum atomic E-state index is 13.5. The Morgan fingerprint density at radius 1 is 1.02 bits per heavy atom. The van der Waals surface area contributed by atoms with Crippen LogP contribution in [0.4, 0.5) is 0 Å². The molecule has 0 aliphatic heterocycles. The summed E-state index contributed by atoms with van der Waals surface area (Å²) < 4.78 is 17.3. The Balaban J connectivity index is 1.37. The predicted octanol–water partition coefficient (Wildman–Crippen LogP) is 6.97. The van der Waals surface area contributed by atoms with E-state index in [2.05, 4.69) is 12.2 Å². The molecule has 2 aromatic carbocycles. The van der Waals surface area contributed by atoms with Crippen molar-refractivity contribution in [1.82, 2.24) is 5.32 Å². The first-order chi connectivity index (χ1) is 19.9. The van der Waals surface area contributed by atoms with Crippen LogP contribution < -0.4 is 5.32 Å². The molecule has 7 heteroatoms. The molecular weight excluding hydrogens is 534 g/mol. The maximum absolute atomic E-state index is 13.5. The standard InChI is InChI=1S/C34H47NO5S/c1-23-10-8-9-13-29(23)31-18-25(14-15-30(31)33(36)35-32(16-17-41-4)34(37)38-3)22-39-24(2)21-40-28-19-27(20-28)26-11-6-5-7-12-26/h8-10,13-15,18,24,26-28,32H,5-7,11-12,16-17,19-22H2,1-4H3,(H,35,36)/t24?,27?,28?,32-/m0/s1. The van der Waals surface area contributed by atoms with Crippen molar-refractivity contribution in [2.45, 2.75) is 90.1 Å². The van der Waals surface area contributed by atoms with E-state index >= 15 is 0 Å². The van der Waals surface area contributed by atoms with Gasteiger partial charge in [-0.05, 0) is 91.3 Å². The van der Waals surface area contributed by atoms with Gasteiger partial charge in [0.25, 0.3) is 5.91 Å². The Bertz CT molecular complexity index is 1140. The predicted molar refractivity (Wildman–Crippen MR) is 166 cm³/mol. The SMILES string of the molecule is COC(=O)[C@H](CCSC)NC(=O)c1ccc(COC(C)COC2CC(C3CCCCC3)C2)cc1-c1ccccc1C. The molecule has 1 N–H and O–H groups in total.